The monoisotopic (exact) mass is 435 g/mol. The number of aliphatic hydroxyl groups is 1. The molecule has 5 nitrogen and oxygen atoms in total. The Morgan fingerprint density at radius 2 is 1.72 bits per heavy atom. The molecule has 0 spiro atoms. The Hall–Kier alpha value is -3.08. The van der Waals surface area contributed by atoms with Crippen LogP contribution in [0.3, 0.4) is 0 Å². The molecule has 1 aliphatic rings. The number of amides is 1. The van der Waals surface area contributed by atoms with Crippen molar-refractivity contribution >= 4 is 17.4 Å². The van der Waals surface area contributed by atoms with Crippen molar-refractivity contribution in [2.24, 2.45) is 0 Å². The van der Waals surface area contributed by atoms with E-state index in [-0.39, 0.29) is 16.7 Å². The van der Waals surface area contributed by atoms with Gasteiger partial charge in [-0.15, -0.1) is 0 Å². The average molecular weight is 436 g/mol. The molecule has 3 rings (SSSR count). The van der Waals surface area contributed by atoms with Crippen molar-refractivity contribution in [2.45, 2.75) is 59.4 Å². The highest BCUT2D eigenvalue weighted by Crippen LogP contribution is 2.42. The largest absolute Gasteiger partial charge is 0.507 e. The molecule has 0 aliphatic carbocycles. The van der Waals surface area contributed by atoms with Crippen LogP contribution in [-0.4, -0.2) is 35.4 Å². The number of rotatable bonds is 5. The number of Topliss-reactive ketones (excluding diaryl/α,β-unsaturated/α-hetero) is 1. The minimum absolute atomic E-state index is 0.0176. The highest BCUT2D eigenvalue weighted by Gasteiger charge is 2.46. The first-order valence-corrected chi connectivity index (χ1v) is 11.1. The second-order valence-corrected chi connectivity index (χ2v) is 9.53. The molecule has 1 unspecified atom stereocenters. The summed E-state index contributed by atoms with van der Waals surface area (Å²) in [5.41, 5.74) is 4.25. The lowest BCUT2D eigenvalue weighted by Crippen LogP contribution is -2.30. The van der Waals surface area contributed by atoms with Gasteiger partial charge in [0.15, 0.2) is 0 Å². The molecular formula is C27H33NO4. The van der Waals surface area contributed by atoms with Crippen LogP contribution >= 0.6 is 0 Å². The Kier molecular flexibility index (Phi) is 6.49. The second kappa shape index (κ2) is 8.81. The summed E-state index contributed by atoms with van der Waals surface area (Å²) in [5.74, 6) is -0.948. The summed E-state index contributed by atoms with van der Waals surface area (Å²) in [5, 5.41) is 11.4. The van der Waals surface area contributed by atoms with Crippen molar-refractivity contribution in [3.8, 4) is 5.75 Å². The highest BCUT2D eigenvalue weighted by molar-refractivity contribution is 6.46. The molecule has 1 saturated heterocycles. The lowest BCUT2D eigenvalue weighted by molar-refractivity contribution is -0.139. The van der Waals surface area contributed by atoms with Crippen LogP contribution in [0.5, 0.6) is 5.75 Å². The third-order valence-corrected chi connectivity index (χ3v) is 5.98. The molecule has 1 atom stereocenters. The standard InChI is InChI=1S/C27H33NO4/c1-8-13-28-22(18-9-11-19(12-10-18)27(4,5)6)21(24(30)26(28)31)23(29)20-15-16(2)14-17(3)25(20)32-7/h9-12,14-15,22,29H,8,13H2,1-7H3/b23-21+. The Morgan fingerprint density at radius 1 is 1.09 bits per heavy atom. The number of aliphatic hydroxyl groups excluding tert-OH is 1. The minimum Gasteiger partial charge on any atom is -0.507 e. The van der Waals surface area contributed by atoms with Crippen LogP contribution < -0.4 is 4.74 Å². The molecular weight excluding hydrogens is 402 g/mol. The topological polar surface area (TPSA) is 66.8 Å². The van der Waals surface area contributed by atoms with Gasteiger partial charge in [-0.2, -0.15) is 0 Å². The number of nitrogens with zero attached hydrogens (tertiary/aromatic N) is 1. The molecule has 0 radical (unpaired) electrons. The predicted molar refractivity (Wildman–Crippen MR) is 127 cm³/mol. The zero-order valence-electron chi connectivity index (χ0n) is 20.1. The molecule has 0 saturated carbocycles. The van der Waals surface area contributed by atoms with Crippen LogP contribution in [0.25, 0.3) is 5.76 Å². The third-order valence-electron chi connectivity index (χ3n) is 5.98. The van der Waals surface area contributed by atoms with E-state index in [9.17, 15) is 14.7 Å². The Labute approximate surface area is 190 Å². The summed E-state index contributed by atoms with van der Waals surface area (Å²) in [6.45, 7) is 12.6. The van der Waals surface area contributed by atoms with Crippen LogP contribution in [0.1, 0.15) is 68.0 Å². The zero-order valence-corrected chi connectivity index (χ0v) is 20.1. The maximum Gasteiger partial charge on any atom is 0.295 e. The zero-order chi connectivity index (χ0) is 23.8. The Morgan fingerprint density at radius 3 is 2.25 bits per heavy atom. The summed E-state index contributed by atoms with van der Waals surface area (Å²) in [4.78, 5) is 27.6. The number of ketones is 1. The van der Waals surface area contributed by atoms with E-state index in [0.717, 1.165) is 22.3 Å². The van der Waals surface area contributed by atoms with Gasteiger partial charge in [-0.05, 0) is 54.0 Å². The fourth-order valence-corrected chi connectivity index (χ4v) is 4.41. The van der Waals surface area contributed by atoms with Gasteiger partial charge in [0.2, 0.25) is 0 Å². The normalized spacial score (nSPS) is 18.3. The molecule has 1 fully saturated rings. The van der Waals surface area contributed by atoms with E-state index < -0.39 is 17.7 Å². The Balaban J connectivity index is 2.25. The van der Waals surface area contributed by atoms with Crippen LogP contribution in [0.15, 0.2) is 42.0 Å². The Bertz CT molecular complexity index is 1070. The molecule has 5 heteroatoms. The van der Waals surface area contributed by atoms with E-state index in [1.807, 2.05) is 51.1 Å². The predicted octanol–water partition coefficient (Wildman–Crippen LogP) is 5.44. The van der Waals surface area contributed by atoms with Gasteiger partial charge in [0.05, 0.1) is 24.3 Å². The van der Waals surface area contributed by atoms with Gasteiger partial charge < -0.3 is 14.7 Å². The fourth-order valence-electron chi connectivity index (χ4n) is 4.41. The SMILES string of the molecule is CCCN1C(=O)C(=O)/C(=C(/O)c2cc(C)cc(C)c2OC)C1c1ccc(C(C)(C)C)cc1. The number of ether oxygens (including phenoxy) is 1. The summed E-state index contributed by atoms with van der Waals surface area (Å²) >= 11 is 0. The number of benzene rings is 2. The first-order valence-electron chi connectivity index (χ1n) is 11.1. The summed E-state index contributed by atoms with van der Waals surface area (Å²) < 4.78 is 5.54. The van der Waals surface area contributed by atoms with Crippen molar-refractivity contribution in [1.82, 2.24) is 4.90 Å². The van der Waals surface area contributed by atoms with Crippen molar-refractivity contribution < 1.29 is 19.4 Å². The number of methoxy groups -OCH3 is 1. The van der Waals surface area contributed by atoms with Crippen LogP contribution in [0, 0.1) is 13.8 Å². The molecule has 1 amide bonds. The molecule has 2 aromatic rings. The maximum absolute atomic E-state index is 13.1. The van der Waals surface area contributed by atoms with Crippen molar-refractivity contribution in [3.05, 3.63) is 69.8 Å². The van der Waals surface area contributed by atoms with Crippen LogP contribution in [0.4, 0.5) is 0 Å². The quantitative estimate of drug-likeness (QED) is 0.386. The van der Waals surface area contributed by atoms with Gasteiger partial charge in [-0.1, -0.05) is 58.0 Å². The van der Waals surface area contributed by atoms with E-state index in [1.165, 1.54) is 7.11 Å². The molecule has 1 N–H and O–H groups in total. The molecule has 170 valence electrons. The molecule has 1 heterocycles. The smallest absolute Gasteiger partial charge is 0.295 e. The molecule has 2 aromatic carbocycles. The van der Waals surface area contributed by atoms with E-state index in [4.69, 9.17) is 4.74 Å². The van der Waals surface area contributed by atoms with Crippen LogP contribution in [-0.2, 0) is 15.0 Å². The molecule has 0 bridgehead atoms. The average Bonchev–Trinajstić information content (AvgIpc) is 2.97. The van der Waals surface area contributed by atoms with Gasteiger partial charge in [0, 0.05) is 6.54 Å². The van der Waals surface area contributed by atoms with Gasteiger partial charge >= 0.3 is 0 Å². The van der Waals surface area contributed by atoms with Crippen molar-refractivity contribution in [3.63, 3.8) is 0 Å². The number of hydrogen-bond acceptors (Lipinski definition) is 4. The van der Waals surface area contributed by atoms with Gasteiger partial charge in [-0.25, -0.2) is 0 Å². The lowest BCUT2D eigenvalue weighted by atomic mass is 9.85. The fraction of sp³-hybridized carbons (Fsp3) is 0.407. The molecule has 0 aromatic heterocycles. The van der Waals surface area contributed by atoms with Crippen LogP contribution in [0.2, 0.25) is 0 Å². The van der Waals surface area contributed by atoms with Gasteiger partial charge in [-0.3, -0.25) is 9.59 Å². The maximum atomic E-state index is 13.1. The molecule has 1 aliphatic heterocycles. The number of likely N-dealkylation sites (tertiary alicyclic amines) is 1. The highest BCUT2D eigenvalue weighted by atomic mass is 16.5. The lowest BCUT2D eigenvalue weighted by Gasteiger charge is -2.26. The van der Waals surface area contributed by atoms with E-state index >= 15 is 0 Å². The van der Waals surface area contributed by atoms with Crippen molar-refractivity contribution in [2.75, 3.05) is 13.7 Å². The summed E-state index contributed by atoms with van der Waals surface area (Å²) in [6.07, 6.45) is 0.705. The number of hydrogen-bond donors (Lipinski definition) is 1. The molecule has 32 heavy (non-hydrogen) atoms. The van der Waals surface area contributed by atoms with Gasteiger partial charge in [0.25, 0.3) is 11.7 Å². The van der Waals surface area contributed by atoms with Gasteiger partial charge in [0.1, 0.15) is 11.5 Å². The number of aryl methyl sites for hydroxylation is 2. The minimum atomic E-state index is -0.665. The van der Waals surface area contributed by atoms with E-state index in [2.05, 4.69) is 20.8 Å². The van der Waals surface area contributed by atoms with E-state index in [0.29, 0.717) is 24.3 Å². The summed E-state index contributed by atoms with van der Waals surface area (Å²) in [6, 6.07) is 11.0. The van der Waals surface area contributed by atoms with E-state index in [1.54, 1.807) is 11.0 Å². The van der Waals surface area contributed by atoms with Crippen molar-refractivity contribution in [1.29, 1.82) is 0 Å². The third kappa shape index (κ3) is 4.16. The second-order valence-electron chi connectivity index (χ2n) is 9.53. The first kappa shape index (κ1) is 23.6. The number of carbonyl (C=O) groups is 2. The number of carbonyl (C=O) groups excluding carboxylic acids is 2. The first-order chi connectivity index (χ1) is 15.0. The summed E-state index contributed by atoms with van der Waals surface area (Å²) in [7, 11) is 1.53.